The van der Waals surface area contributed by atoms with Gasteiger partial charge in [0.1, 0.15) is 5.56 Å². The highest BCUT2D eigenvalue weighted by Gasteiger charge is 2.15. The van der Waals surface area contributed by atoms with Gasteiger partial charge in [0.05, 0.1) is 18.4 Å². The molecule has 0 fully saturated rings. The summed E-state index contributed by atoms with van der Waals surface area (Å²) in [7, 11) is 0. The number of rotatable bonds is 5. The molecule has 0 aliphatic heterocycles. The van der Waals surface area contributed by atoms with E-state index in [1.807, 2.05) is 31.2 Å². The number of aromatic carboxylic acids is 1. The van der Waals surface area contributed by atoms with Crippen molar-refractivity contribution in [3.8, 4) is 0 Å². The van der Waals surface area contributed by atoms with Gasteiger partial charge in [0.15, 0.2) is 0 Å². The summed E-state index contributed by atoms with van der Waals surface area (Å²) in [5.41, 5.74) is 2.18. The Bertz CT molecular complexity index is 593. The Morgan fingerprint density at radius 2 is 2.26 bits per heavy atom. The molecule has 0 aliphatic carbocycles. The van der Waals surface area contributed by atoms with E-state index in [0.717, 1.165) is 28.6 Å². The van der Waals surface area contributed by atoms with Crippen LogP contribution in [0.25, 0.3) is 0 Å². The number of aromatic nitrogens is 2. The number of halogens is 1. The number of nitrogens with zero attached hydrogens (tertiary/aromatic N) is 2. The summed E-state index contributed by atoms with van der Waals surface area (Å²) in [5, 5.41) is 13.4. The molecule has 1 aromatic heterocycles. The molecule has 1 aromatic carbocycles. The molecule has 4 nitrogen and oxygen atoms in total. The average Bonchev–Trinajstić information content (AvgIpc) is 2.73. The summed E-state index contributed by atoms with van der Waals surface area (Å²) in [6, 6.07) is 7.93. The van der Waals surface area contributed by atoms with E-state index in [9.17, 15) is 4.79 Å². The summed E-state index contributed by atoms with van der Waals surface area (Å²) >= 11 is 3.43. The van der Waals surface area contributed by atoms with Crippen molar-refractivity contribution in [1.29, 1.82) is 0 Å². The summed E-state index contributed by atoms with van der Waals surface area (Å²) in [6.07, 6.45) is 3.05. The SMILES string of the molecule is CCCc1c(C(=O)O)cnn1Cc1cccc(Br)c1. The van der Waals surface area contributed by atoms with E-state index in [2.05, 4.69) is 21.0 Å². The maximum absolute atomic E-state index is 11.2. The van der Waals surface area contributed by atoms with Gasteiger partial charge >= 0.3 is 5.97 Å². The first-order valence-corrected chi connectivity index (χ1v) is 6.93. The Balaban J connectivity index is 2.32. The molecule has 0 unspecified atom stereocenters. The fourth-order valence-corrected chi connectivity index (χ4v) is 2.48. The lowest BCUT2D eigenvalue weighted by molar-refractivity contribution is 0.0695. The first-order chi connectivity index (χ1) is 9.11. The van der Waals surface area contributed by atoms with E-state index in [-0.39, 0.29) is 0 Å². The van der Waals surface area contributed by atoms with Crippen LogP contribution in [-0.2, 0) is 13.0 Å². The highest BCUT2D eigenvalue weighted by atomic mass is 79.9. The van der Waals surface area contributed by atoms with E-state index in [4.69, 9.17) is 5.11 Å². The van der Waals surface area contributed by atoms with Gasteiger partial charge in [-0.25, -0.2) is 4.79 Å². The predicted octanol–water partition coefficient (Wildman–Crippen LogP) is 3.34. The highest BCUT2D eigenvalue weighted by molar-refractivity contribution is 9.10. The molecule has 0 atom stereocenters. The molecule has 0 aliphatic rings. The van der Waals surface area contributed by atoms with Gasteiger partial charge in [-0.3, -0.25) is 4.68 Å². The van der Waals surface area contributed by atoms with Gasteiger partial charge < -0.3 is 5.11 Å². The third-order valence-corrected chi connectivity index (χ3v) is 3.38. The van der Waals surface area contributed by atoms with Crippen molar-refractivity contribution >= 4 is 21.9 Å². The van der Waals surface area contributed by atoms with E-state index in [1.54, 1.807) is 4.68 Å². The predicted molar refractivity (Wildman–Crippen MR) is 76.4 cm³/mol. The standard InChI is InChI=1S/C14H15BrN2O2/c1-2-4-13-12(14(18)19)8-16-17(13)9-10-5-3-6-11(15)7-10/h3,5-8H,2,4,9H2,1H3,(H,18,19). The van der Waals surface area contributed by atoms with E-state index >= 15 is 0 Å². The monoisotopic (exact) mass is 322 g/mol. The Morgan fingerprint density at radius 1 is 1.47 bits per heavy atom. The Hall–Kier alpha value is -1.62. The van der Waals surface area contributed by atoms with Crippen molar-refractivity contribution in [2.24, 2.45) is 0 Å². The Labute approximate surface area is 120 Å². The van der Waals surface area contributed by atoms with Crippen LogP contribution in [-0.4, -0.2) is 20.9 Å². The van der Waals surface area contributed by atoms with Gasteiger partial charge in [0, 0.05) is 4.47 Å². The van der Waals surface area contributed by atoms with Gasteiger partial charge in [0.2, 0.25) is 0 Å². The summed E-state index contributed by atoms with van der Waals surface area (Å²) in [5.74, 6) is -0.913. The topological polar surface area (TPSA) is 55.1 Å². The zero-order valence-electron chi connectivity index (χ0n) is 10.6. The van der Waals surface area contributed by atoms with Crippen LogP contribution in [0.4, 0.5) is 0 Å². The molecular formula is C14H15BrN2O2. The van der Waals surface area contributed by atoms with Crippen molar-refractivity contribution in [2.45, 2.75) is 26.3 Å². The maximum atomic E-state index is 11.2. The van der Waals surface area contributed by atoms with Crippen LogP contribution in [0.5, 0.6) is 0 Å². The van der Waals surface area contributed by atoms with Gasteiger partial charge in [-0.1, -0.05) is 41.4 Å². The third-order valence-electron chi connectivity index (χ3n) is 2.89. The number of carbonyl (C=O) groups is 1. The molecule has 0 saturated heterocycles. The number of benzene rings is 1. The third kappa shape index (κ3) is 3.23. The van der Waals surface area contributed by atoms with Gasteiger partial charge in [0.25, 0.3) is 0 Å². The van der Waals surface area contributed by atoms with Crippen molar-refractivity contribution in [2.75, 3.05) is 0 Å². The van der Waals surface area contributed by atoms with Crippen molar-refractivity contribution in [1.82, 2.24) is 9.78 Å². The quantitative estimate of drug-likeness (QED) is 0.918. The van der Waals surface area contributed by atoms with Crippen LogP contribution in [0.2, 0.25) is 0 Å². The van der Waals surface area contributed by atoms with Crippen LogP contribution in [0.15, 0.2) is 34.9 Å². The first kappa shape index (κ1) is 13.8. The van der Waals surface area contributed by atoms with E-state index in [1.165, 1.54) is 6.20 Å². The van der Waals surface area contributed by atoms with Crippen LogP contribution in [0.3, 0.4) is 0 Å². The second-order valence-corrected chi connectivity index (χ2v) is 5.26. The first-order valence-electron chi connectivity index (χ1n) is 6.14. The van der Waals surface area contributed by atoms with Crippen LogP contribution in [0, 0.1) is 0 Å². The van der Waals surface area contributed by atoms with Crippen molar-refractivity contribution < 1.29 is 9.90 Å². The molecule has 1 N–H and O–H groups in total. The molecule has 0 amide bonds. The number of hydrogen-bond donors (Lipinski definition) is 1. The van der Waals surface area contributed by atoms with Gasteiger partial charge in [-0.05, 0) is 24.1 Å². The molecule has 0 spiro atoms. The second kappa shape index (κ2) is 6.02. The number of carboxylic acid groups (broad SMARTS) is 1. The normalized spacial score (nSPS) is 10.6. The van der Waals surface area contributed by atoms with Crippen molar-refractivity contribution in [3.05, 3.63) is 51.8 Å². The molecule has 100 valence electrons. The fourth-order valence-electron chi connectivity index (χ4n) is 2.03. The van der Waals surface area contributed by atoms with Crippen LogP contribution >= 0.6 is 15.9 Å². The van der Waals surface area contributed by atoms with Gasteiger partial charge in [-0.15, -0.1) is 0 Å². The molecule has 1 heterocycles. The lowest BCUT2D eigenvalue weighted by Crippen LogP contribution is -2.09. The van der Waals surface area contributed by atoms with Crippen molar-refractivity contribution in [3.63, 3.8) is 0 Å². The summed E-state index contributed by atoms with van der Waals surface area (Å²) in [4.78, 5) is 11.2. The summed E-state index contributed by atoms with van der Waals surface area (Å²) < 4.78 is 2.78. The van der Waals surface area contributed by atoms with Crippen LogP contribution < -0.4 is 0 Å². The lowest BCUT2D eigenvalue weighted by atomic mass is 10.1. The molecule has 0 saturated carbocycles. The zero-order valence-corrected chi connectivity index (χ0v) is 12.2. The number of carboxylic acids is 1. The fraction of sp³-hybridized carbons (Fsp3) is 0.286. The molecule has 19 heavy (non-hydrogen) atoms. The smallest absolute Gasteiger partial charge is 0.339 e. The van der Waals surface area contributed by atoms with E-state index in [0.29, 0.717) is 12.1 Å². The number of hydrogen-bond acceptors (Lipinski definition) is 2. The minimum Gasteiger partial charge on any atom is -0.478 e. The van der Waals surface area contributed by atoms with E-state index < -0.39 is 5.97 Å². The maximum Gasteiger partial charge on any atom is 0.339 e. The average molecular weight is 323 g/mol. The largest absolute Gasteiger partial charge is 0.478 e. The van der Waals surface area contributed by atoms with Gasteiger partial charge in [-0.2, -0.15) is 5.10 Å². The molecule has 5 heteroatoms. The minimum atomic E-state index is -0.913. The Kier molecular flexibility index (Phi) is 4.37. The molecule has 2 rings (SSSR count). The Morgan fingerprint density at radius 3 is 2.89 bits per heavy atom. The summed E-state index contributed by atoms with van der Waals surface area (Å²) in [6.45, 7) is 2.62. The molecule has 0 bridgehead atoms. The molecule has 2 aromatic rings. The minimum absolute atomic E-state index is 0.303. The molecule has 0 radical (unpaired) electrons. The second-order valence-electron chi connectivity index (χ2n) is 4.35. The zero-order chi connectivity index (χ0) is 13.8. The van der Waals surface area contributed by atoms with Crippen LogP contribution in [0.1, 0.15) is 35.0 Å². The lowest BCUT2D eigenvalue weighted by Gasteiger charge is -2.08. The highest BCUT2D eigenvalue weighted by Crippen LogP contribution is 2.16. The molecular weight excluding hydrogens is 308 g/mol.